The summed E-state index contributed by atoms with van der Waals surface area (Å²) in [5, 5.41) is 20.5. The van der Waals surface area contributed by atoms with Gasteiger partial charge in [0.25, 0.3) is 5.91 Å². The van der Waals surface area contributed by atoms with Crippen LogP contribution in [-0.2, 0) is 16.0 Å². The zero-order valence-electron chi connectivity index (χ0n) is 13.3. The van der Waals surface area contributed by atoms with Crippen molar-refractivity contribution in [3.8, 4) is 11.1 Å². The van der Waals surface area contributed by atoms with E-state index in [0.717, 1.165) is 16.7 Å². The number of carbonyl (C=O) groups excluding carboxylic acids is 2. The van der Waals surface area contributed by atoms with Crippen LogP contribution in [0.25, 0.3) is 11.1 Å². The van der Waals surface area contributed by atoms with Crippen LogP contribution in [0.5, 0.6) is 0 Å². The normalized spacial score (nSPS) is 13.0. The van der Waals surface area contributed by atoms with E-state index in [2.05, 4.69) is 5.32 Å². The number of rotatable bonds is 6. The van der Waals surface area contributed by atoms with Crippen LogP contribution in [0, 0.1) is 0 Å². The summed E-state index contributed by atoms with van der Waals surface area (Å²) in [7, 11) is 0. The molecule has 2 amide bonds. The first-order chi connectivity index (χ1) is 11.5. The zero-order valence-corrected chi connectivity index (χ0v) is 13.3. The van der Waals surface area contributed by atoms with Crippen LogP contribution in [0.15, 0.2) is 54.6 Å². The fraction of sp³-hybridized carbons (Fsp3) is 0.222. The van der Waals surface area contributed by atoms with Gasteiger partial charge in [0.2, 0.25) is 5.91 Å². The minimum atomic E-state index is -1.20. The maximum absolute atomic E-state index is 12.0. The summed E-state index contributed by atoms with van der Waals surface area (Å²) in [6.07, 6.45) is -1.06. The molecular formula is C18H20N2O4. The van der Waals surface area contributed by atoms with Crippen molar-refractivity contribution in [2.45, 2.75) is 25.5 Å². The molecule has 24 heavy (non-hydrogen) atoms. The second-order valence-electron chi connectivity index (χ2n) is 5.50. The molecule has 0 saturated heterocycles. The lowest BCUT2D eigenvalue weighted by Crippen LogP contribution is -2.52. The summed E-state index contributed by atoms with van der Waals surface area (Å²) in [5.74, 6) is -1.28. The molecule has 6 heteroatoms. The number of aliphatic hydroxyl groups excluding tert-OH is 1. The maximum Gasteiger partial charge on any atom is 0.268 e. The third-order valence-electron chi connectivity index (χ3n) is 3.62. The van der Waals surface area contributed by atoms with Gasteiger partial charge in [-0.1, -0.05) is 54.6 Å². The van der Waals surface area contributed by atoms with Gasteiger partial charge in [-0.05, 0) is 23.6 Å². The van der Waals surface area contributed by atoms with Gasteiger partial charge in [0.1, 0.15) is 6.04 Å². The molecule has 0 aromatic heterocycles. The van der Waals surface area contributed by atoms with Gasteiger partial charge < -0.3 is 10.4 Å². The van der Waals surface area contributed by atoms with Crippen LogP contribution in [0.2, 0.25) is 0 Å². The first kappa shape index (κ1) is 17.7. The van der Waals surface area contributed by atoms with Crippen molar-refractivity contribution < 1.29 is 19.9 Å². The quantitative estimate of drug-likeness (QED) is 0.474. The van der Waals surface area contributed by atoms with E-state index in [1.165, 1.54) is 12.4 Å². The minimum Gasteiger partial charge on any atom is -0.391 e. The summed E-state index contributed by atoms with van der Waals surface area (Å²) < 4.78 is 0. The molecule has 0 radical (unpaired) electrons. The molecule has 6 nitrogen and oxygen atoms in total. The summed E-state index contributed by atoms with van der Waals surface area (Å²) in [6.45, 7) is 1.36. The van der Waals surface area contributed by atoms with Crippen molar-refractivity contribution >= 4 is 11.8 Å². The monoisotopic (exact) mass is 328 g/mol. The number of benzene rings is 2. The molecule has 0 heterocycles. The van der Waals surface area contributed by atoms with Gasteiger partial charge in [0, 0.05) is 0 Å². The third-order valence-corrected chi connectivity index (χ3v) is 3.62. The molecule has 2 aromatic carbocycles. The molecule has 2 rings (SSSR count). The Balaban J connectivity index is 2.00. The highest BCUT2D eigenvalue weighted by Gasteiger charge is 2.25. The molecule has 0 aliphatic rings. The summed E-state index contributed by atoms with van der Waals surface area (Å²) in [4.78, 5) is 23.4. The first-order valence-corrected chi connectivity index (χ1v) is 7.57. The van der Waals surface area contributed by atoms with Crippen molar-refractivity contribution in [1.82, 2.24) is 10.8 Å². The number of hydroxylamine groups is 1. The van der Waals surface area contributed by atoms with Crippen molar-refractivity contribution in [1.29, 1.82) is 0 Å². The Morgan fingerprint density at radius 2 is 1.58 bits per heavy atom. The van der Waals surface area contributed by atoms with Crippen molar-refractivity contribution in [2.24, 2.45) is 0 Å². The Bertz CT molecular complexity index is 684. The number of hydrogen-bond acceptors (Lipinski definition) is 4. The number of aliphatic hydroxyl groups is 1. The lowest BCUT2D eigenvalue weighted by Gasteiger charge is -2.19. The van der Waals surface area contributed by atoms with Crippen LogP contribution >= 0.6 is 0 Å². The Hall–Kier alpha value is -2.70. The van der Waals surface area contributed by atoms with E-state index >= 15 is 0 Å². The van der Waals surface area contributed by atoms with Crippen LogP contribution in [0.4, 0.5) is 0 Å². The van der Waals surface area contributed by atoms with Crippen molar-refractivity contribution in [3.63, 3.8) is 0 Å². The van der Waals surface area contributed by atoms with Crippen LogP contribution in [0.3, 0.4) is 0 Å². The molecule has 0 spiro atoms. The summed E-state index contributed by atoms with van der Waals surface area (Å²) in [5.41, 5.74) is 4.33. The Morgan fingerprint density at radius 3 is 2.12 bits per heavy atom. The molecule has 0 fully saturated rings. The van der Waals surface area contributed by atoms with E-state index in [1.54, 1.807) is 0 Å². The van der Waals surface area contributed by atoms with Crippen LogP contribution in [0.1, 0.15) is 12.5 Å². The SMILES string of the molecule is C[C@@H](O)[C@H](NC(=O)Cc1ccc(-c2ccccc2)cc1)C(=O)NO. The van der Waals surface area contributed by atoms with Crippen LogP contribution < -0.4 is 10.8 Å². The highest BCUT2D eigenvalue weighted by Crippen LogP contribution is 2.19. The Kier molecular flexibility index (Phi) is 6.06. The summed E-state index contributed by atoms with van der Waals surface area (Å²) >= 11 is 0. The molecule has 0 unspecified atom stereocenters. The number of nitrogens with one attached hydrogen (secondary N) is 2. The average molecular weight is 328 g/mol. The highest BCUT2D eigenvalue weighted by atomic mass is 16.5. The maximum atomic E-state index is 12.0. The topological polar surface area (TPSA) is 98.7 Å². The lowest BCUT2D eigenvalue weighted by molar-refractivity contribution is -0.137. The third kappa shape index (κ3) is 4.65. The summed E-state index contributed by atoms with van der Waals surface area (Å²) in [6, 6.07) is 16.2. The lowest BCUT2D eigenvalue weighted by atomic mass is 10.0. The second kappa shape index (κ2) is 8.24. The van der Waals surface area contributed by atoms with Crippen molar-refractivity contribution in [3.05, 3.63) is 60.2 Å². The van der Waals surface area contributed by atoms with Gasteiger partial charge in [-0.25, -0.2) is 5.48 Å². The van der Waals surface area contributed by atoms with E-state index in [0.29, 0.717) is 0 Å². The van der Waals surface area contributed by atoms with Gasteiger partial charge in [-0.2, -0.15) is 0 Å². The Labute approximate surface area is 140 Å². The molecular weight excluding hydrogens is 308 g/mol. The standard InChI is InChI=1S/C18H20N2O4/c1-12(21)17(18(23)20-24)19-16(22)11-13-7-9-15(10-8-13)14-5-3-2-4-6-14/h2-10,12,17,21,24H,11H2,1H3,(H,19,22)(H,20,23)/t12-,17+/m1/s1. The number of hydrogen-bond donors (Lipinski definition) is 4. The highest BCUT2D eigenvalue weighted by molar-refractivity contribution is 5.88. The van der Waals surface area contributed by atoms with Gasteiger partial charge in [-0.15, -0.1) is 0 Å². The van der Waals surface area contributed by atoms with E-state index in [1.807, 2.05) is 54.6 Å². The van der Waals surface area contributed by atoms with Gasteiger partial charge >= 0.3 is 0 Å². The molecule has 4 N–H and O–H groups in total. The zero-order chi connectivity index (χ0) is 17.5. The van der Waals surface area contributed by atoms with Crippen LogP contribution in [-0.4, -0.2) is 34.3 Å². The minimum absolute atomic E-state index is 0.0665. The molecule has 2 aromatic rings. The predicted octanol–water partition coefficient (Wildman–Crippen LogP) is 1.27. The van der Waals surface area contributed by atoms with Gasteiger partial charge in [0.15, 0.2) is 0 Å². The molecule has 126 valence electrons. The smallest absolute Gasteiger partial charge is 0.268 e. The number of carbonyl (C=O) groups is 2. The fourth-order valence-corrected chi connectivity index (χ4v) is 2.33. The Morgan fingerprint density at radius 1 is 1.00 bits per heavy atom. The average Bonchev–Trinajstić information content (AvgIpc) is 2.60. The van der Waals surface area contributed by atoms with E-state index in [-0.39, 0.29) is 6.42 Å². The molecule has 2 atom stereocenters. The first-order valence-electron chi connectivity index (χ1n) is 7.57. The van der Waals surface area contributed by atoms with E-state index in [4.69, 9.17) is 5.21 Å². The molecule has 0 aliphatic heterocycles. The van der Waals surface area contributed by atoms with Gasteiger partial charge in [0.05, 0.1) is 12.5 Å². The molecule has 0 bridgehead atoms. The predicted molar refractivity (Wildman–Crippen MR) is 89.1 cm³/mol. The molecule has 0 saturated carbocycles. The van der Waals surface area contributed by atoms with Gasteiger partial charge in [-0.3, -0.25) is 14.8 Å². The number of amides is 2. The second-order valence-corrected chi connectivity index (χ2v) is 5.50. The fourth-order valence-electron chi connectivity index (χ4n) is 2.33. The van der Waals surface area contributed by atoms with Crippen molar-refractivity contribution in [2.75, 3.05) is 0 Å². The van der Waals surface area contributed by atoms with E-state index in [9.17, 15) is 14.7 Å². The largest absolute Gasteiger partial charge is 0.391 e. The van der Waals surface area contributed by atoms with E-state index < -0.39 is 24.0 Å². The molecule has 0 aliphatic carbocycles.